The first-order valence-corrected chi connectivity index (χ1v) is 3.73. The monoisotopic (exact) mass is 184 g/mol. The van der Waals surface area contributed by atoms with Gasteiger partial charge in [-0.15, -0.1) is 0 Å². The van der Waals surface area contributed by atoms with Crippen LogP contribution in [0.4, 0.5) is 4.39 Å². The van der Waals surface area contributed by atoms with Crippen molar-refractivity contribution in [2.24, 2.45) is 0 Å². The Kier molecular flexibility index (Phi) is 2.97. The van der Waals surface area contributed by atoms with Gasteiger partial charge in [-0.05, 0) is 5.56 Å². The predicted octanol–water partition coefficient (Wildman–Crippen LogP) is 1.14. The summed E-state index contributed by atoms with van der Waals surface area (Å²) in [5.74, 6) is -1.56. The van der Waals surface area contributed by atoms with Crippen LogP contribution in [-0.4, -0.2) is 22.3 Å². The molecule has 0 saturated carbocycles. The zero-order valence-corrected chi connectivity index (χ0v) is 6.72. The fourth-order valence-corrected chi connectivity index (χ4v) is 0.944. The molecule has 0 aliphatic carbocycles. The average Bonchev–Trinajstić information content (AvgIpc) is 2.17. The fourth-order valence-electron chi connectivity index (χ4n) is 0.944. The topological polar surface area (TPSA) is 57.5 Å². The Morgan fingerprint density at radius 1 is 1.31 bits per heavy atom. The van der Waals surface area contributed by atoms with Gasteiger partial charge in [0.2, 0.25) is 0 Å². The van der Waals surface area contributed by atoms with Gasteiger partial charge in [-0.2, -0.15) is 0 Å². The highest BCUT2D eigenvalue weighted by Crippen LogP contribution is 2.20. The van der Waals surface area contributed by atoms with Gasteiger partial charge in [0.1, 0.15) is 0 Å². The molecule has 0 spiro atoms. The van der Waals surface area contributed by atoms with Crippen LogP contribution in [0.25, 0.3) is 0 Å². The number of benzene rings is 1. The minimum atomic E-state index is -2.00. The number of carboxylic acid groups (broad SMARTS) is 1. The third kappa shape index (κ3) is 2.26. The molecule has 0 bridgehead atoms. The Balaban J connectivity index is 2.79. The number of halogens is 1. The quantitative estimate of drug-likeness (QED) is 0.740. The molecule has 2 atom stereocenters. The van der Waals surface area contributed by atoms with Gasteiger partial charge in [-0.3, -0.25) is 0 Å². The van der Waals surface area contributed by atoms with Crippen LogP contribution in [0.1, 0.15) is 11.7 Å². The second-order valence-electron chi connectivity index (χ2n) is 2.60. The SMILES string of the molecule is O=C(O)[C@@H](O)[C@@H](F)c1ccccc1. The van der Waals surface area contributed by atoms with E-state index in [4.69, 9.17) is 10.2 Å². The Labute approximate surface area is 74.4 Å². The van der Waals surface area contributed by atoms with Crippen LogP contribution >= 0.6 is 0 Å². The van der Waals surface area contributed by atoms with Gasteiger partial charge in [0.25, 0.3) is 0 Å². The first-order chi connectivity index (χ1) is 6.13. The summed E-state index contributed by atoms with van der Waals surface area (Å²) in [7, 11) is 0. The first-order valence-electron chi connectivity index (χ1n) is 3.73. The van der Waals surface area contributed by atoms with Gasteiger partial charge in [0.05, 0.1) is 0 Å². The number of rotatable bonds is 3. The highest BCUT2D eigenvalue weighted by molar-refractivity contribution is 5.73. The number of hydrogen-bond donors (Lipinski definition) is 2. The Bertz CT molecular complexity index is 286. The van der Waals surface area contributed by atoms with Gasteiger partial charge in [0, 0.05) is 0 Å². The number of aliphatic carboxylic acids is 1. The van der Waals surface area contributed by atoms with Crippen LogP contribution in [0, 0.1) is 0 Å². The van der Waals surface area contributed by atoms with Crippen molar-refractivity contribution in [1.82, 2.24) is 0 Å². The summed E-state index contributed by atoms with van der Waals surface area (Å²) in [6.45, 7) is 0. The summed E-state index contributed by atoms with van der Waals surface area (Å²) in [5, 5.41) is 17.2. The van der Waals surface area contributed by atoms with Gasteiger partial charge in [-0.1, -0.05) is 30.3 Å². The van der Waals surface area contributed by atoms with Crippen molar-refractivity contribution < 1.29 is 19.4 Å². The van der Waals surface area contributed by atoms with Crippen LogP contribution in [0.2, 0.25) is 0 Å². The molecule has 3 nitrogen and oxygen atoms in total. The van der Waals surface area contributed by atoms with Crippen LogP contribution in [0.15, 0.2) is 30.3 Å². The highest BCUT2D eigenvalue weighted by atomic mass is 19.1. The molecule has 1 rings (SSSR count). The maximum absolute atomic E-state index is 13.1. The molecule has 1 aromatic carbocycles. The third-order valence-electron chi connectivity index (χ3n) is 1.65. The standard InChI is InChI=1S/C9H9FO3/c10-7(8(11)9(12)13)6-4-2-1-3-5-6/h1-5,7-8,11H,(H,12,13)/t7-,8-/m0/s1. The summed E-state index contributed by atoms with van der Waals surface area (Å²) >= 11 is 0. The number of carbonyl (C=O) groups is 1. The molecular weight excluding hydrogens is 175 g/mol. The highest BCUT2D eigenvalue weighted by Gasteiger charge is 2.26. The molecular formula is C9H9FO3. The van der Waals surface area contributed by atoms with Gasteiger partial charge in [-0.25, -0.2) is 9.18 Å². The lowest BCUT2D eigenvalue weighted by molar-refractivity contribution is -0.150. The maximum atomic E-state index is 13.1. The minimum absolute atomic E-state index is 0.164. The number of carboxylic acids is 1. The second-order valence-corrected chi connectivity index (χ2v) is 2.60. The molecule has 0 radical (unpaired) electrons. The van der Waals surface area contributed by atoms with Crippen molar-refractivity contribution in [1.29, 1.82) is 0 Å². The van der Waals surface area contributed by atoms with Crippen molar-refractivity contribution >= 4 is 5.97 Å². The molecule has 0 unspecified atom stereocenters. The van der Waals surface area contributed by atoms with Gasteiger partial charge >= 0.3 is 5.97 Å². The van der Waals surface area contributed by atoms with Gasteiger partial charge in [0.15, 0.2) is 12.3 Å². The molecule has 0 heterocycles. The zero-order valence-electron chi connectivity index (χ0n) is 6.72. The van der Waals surface area contributed by atoms with Crippen LogP contribution in [0.5, 0.6) is 0 Å². The lowest BCUT2D eigenvalue weighted by Crippen LogP contribution is -2.24. The number of hydrogen-bond acceptors (Lipinski definition) is 2. The van der Waals surface area contributed by atoms with Crippen molar-refractivity contribution in [2.75, 3.05) is 0 Å². The van der Waals surface area contributed by atoms with E-state index >= 15 is 0 Å². The molecule has 2 N–H and O–H groups in total. The molecule has 0 aliphatic rings. The van der Waals surface area contributed by atoms with Crippen LogP contribution in [0.3, 0.4) is 0 Å². The number of aliphatic hydroxyl groups is 1. The molecule has 0 aliphatic heterocycles. The molecule has 4 heteroatoms. The van der Waals surface area contributed by atoms with Crippen molar-refractivity contribution in [3.63, 3.8) is 0 Å². The van der Waals surface area contributed by atoms with E-state index in [-0.39, 0.29) is 5.56 Å². The molecule has 1 aromatic rings. The summed E-state index contributed by atoms with van der Waals surface area (Å²) in [6.07, 6.45) is -3.87. The molecule has 0 amide bonds. The Morgan fingerprint density at radius 3 is 2.31 bits per heavy atom. The smallest absolute Gasteiger partial charge is 0.335 e. The minimum Gasteiger partial charge on any atom is -0.479 e. The molecule has 0 aromatic heterocycles. The van der Waals surface area contributed by atoms with Crippen LogP contribution in [-0.2, 0) is 4.79 Å². The summed E-state index contributed by atoms with van der Waals surface area (Å²) in [4.78, 5) is 10.2. The van der Waals surface area contributed by atoms with Gasteiger partial charge < -0.3 is 10.2 Å². The van der Waals surface area contributed by atoms with E-state index in [1.54, 1.807) is 18.2 Å². The normalized spacial score (nSPS) is 14.9. The largest absolute Gasteiger partial charge is 0.479 e. The van der Waals surface area contributed by atoms with E-state index in [0.29, 0.717) is 0 Å². The van der Waals surface area contributed by atoms with E-state index in [9.17, 15) is 9.18 Å². The molecule has 0 saturated heterocycles. The van der Waals surface area contributed by atoms with E-state index in [1.165, 1.54) is 12.1 Å². The molecule has 0 fully saturated rings. The van der Waals surface area contributed by atoms with E-state index in [2.05, 4.69) is 0 Å². The number of aliphatic hydroxyl groups excluding tert-OH is 1. The predicted molar refractivity (Wildman–Crippen MR) is 43.9 cm³/mol. The first kappa shape index (κ1) is 9.67. The van der Waals surface area contributed by atoms with Crippen molar-refractivity contribution in [3.05, 3.63) is 35.9 Å². The third-order valence-corrected chi connectivity index (χ3v) is 1.65. The fraction of sp³-hybridized carbons (Fsp3) is 0.222. The van der Waals surface area contributed by atoms with Crippen molar-refractivity contribution in [2.45, 2.75) is 12.3 Å². The van der Waals surface area contributed by atoms with E-state index in [1.807, 2.05) is 0 Å². The summed E-state index contributed by atoms with van der Waals surface area (Å²) in [5.41, 5.74) is 0.164. The zero-order chi connectivity index (χ0) is 9.84. The lowest BCUT2D eigenvalue weighted by atomic mass is 10.1. The Morgan fingerprint density at radius 2 is 1.85 bits per heavy atom. The molecule has 70 valence electrons. The van der Waals surface area contributed by atoms with Crippen LogP contribution < -0.4 is 0 Å². The second kappa shape index (κ2) is 4.00. The van der Waals surface area contributed by atoms with E-state index in [0.717, 1.165) is 0 Å². The maximum Gasteiger partial charge on any atom is 0.335 e. The molecule has 13 heavy (non-hydrogen) atoms. The summed E-state index contributed by atoms with van der Waals surface area (Å²) < 4.78 is 13.1. The Hall–Kier alpha value is -1.42. The average molecular weight is 184 g/mol. The van der Waals surface area contributed by atoms with Crippen molar-refractivity contribution in [3.8, 4) is 0 Å². The van der Waals surface area contributed by atoms with E-state index < -0.39 is 18.2 Å². The number of alkyl halides is 1. The lowest BCUT2D eigenvalue weighted by Gasteiger charge is -2.11. The summed E-state index contributed by atoms with van der Waals surface area (Å²) in [6, 6.07) is 7.70.